The average Bonchev–Trinajstić information content (AvgIpc) is 3.92. The topological polar surface area (TPSA) is 77.8 Å². The zero-order valence-corrected chi connectivity index (χ0v) is 31.9. The molecule has 0 saturated carbocycles. The number of aromatic nitrogens is 4. The van der Waals surface area contributed by atoms with Gasteiger partial charge in [0.25, 0.3) is 0 Å². The summed E-state index contributed by atoms with van der Waals surface area (Å²) in [6.45, 7) is 0. The minimum absolute atomic E-state index is 0.490. The maximum absolute atomic E-state index is 6.93. The van der Waals surface area contributed by atoms with Crippen molar-refractivity contribution in [2.75, 3.05) is 0 Å². The number of furan rings is 2. The maximum atomic E-state index is 6.93. The molecule has 8 aromatic carbocycles. The number of pyridine rings is 2. The van der Waals surface area contributed by atoms with Crippen molar-refractivity contribution in [3.05, 3.63) is 182 Å². The lowest BCUT2D eigenvalue weighted by molar-refractivity contribution is 0.670. The van der Waals surface area contributed by atoms with Gasteiger partial charge in [0.1, 0.15) is 28.0 Å². The lowest BCUT2D eigenvalue weighted by atomic mass is 9.95. The summed E-state index contributed by atoms with van der Waals surface area (Å²) in [6, 6.07) is 58.9. The molecule has 0 bridgehead atoms. The normalized spacial score (nSPS) is 12.0. The van der Waals surface area contributed by atoms with Gasteiger partial charge in [0.15, 0.2) is 5.82 Å². The zero-order chi connectivity index (χ0) is 39.3. The minimum atomic E-state index is 0.490. The highest BCUT2D eigenvalue weighted by molar-refractivity contribution is 6.30. The van der Waals surface area contributed by atoms with Gasteiger partial charge >= 0.3 is 0 Å². The first-order valence-corrected chi connectivity index (χ1v) is 20.0. The van der Waals surface area contributed by atoms with E-state index >= 15 is 0 Å². The second kappa shape index (κ2) is 12.6. The van der Waals surface area contributed by atoms with Gasteiger partial charge in [-0.05, 0) is 97.7 Å². The molecule has 0 aliphatic heterocycles. The molecule has 5 heterocycles. The number of rotatable bonds is 4. The fourth-order valence-corrected chi connectivity index (χ4v) is 9.24. The highest BCUT2D eigenvalue weighted by atomic mass is 16.3. The first-order chi connectivity index (χ1) is 29.7. The van der Waals surface area contributed by atoms with Gasteiger partial charge in [0.05, 0.1) is 17.1 Å². The third-order valence-corrected chi connectivity index (χ3v) is 11.9. The van der Waals surface area contributed by atoms with Crippen LogP contribution in [0.1, 0.15) is 0 Å². The molecule has 13 rings (SSSR count). The smallest absolute Gasteiger partial charge is 0.179 e. The molecule has 0 aliphatic rings. The van der Waals surface area contributed by atoms with Gasteiger partial charge in [-0.15, -0.1) is 0 Å². The van der Waals surface area contributed by atoms with Crippen LogP contribution in [0.2, 0.25) is 0 Å². The quantitative estimate of drug-likeness (QED) is 0.177. The SMILES string of the molecule is c1cc(-c2ccncc2)nc(-c2nc(-c3cc4ccccc4c4c3oc3ccc5ccccc5c34)cc(-c3cc4ccccc4c4c3oc3ccc5ccccc5c34)n2)c1. The summed E-state index contributed by atoms with van der Waals surface area (Å²) in [5, 5.41) is 13.3. The van der Waals surface area contributed by atoms with Crippen molar-refractivity contribution in [3.63, 3.8) is 0 Å². The van der Waals surface area contributed by atoms with Crippen LogP contribution < -0.4 is 0 Å². The molecule has 0 radical (unpaired) electrons. The molecule has 0 spiro atoms. The molecule has 0 fully saturated rings. The molecule has 0 atom stereocenters. The molecule has 5 aromatic heterocycles. The summed E-state index contributed by atoms with van der Waals surface area (Å²) in [6.07, 6.45) is 3.56. The van der Waals surface area contributed by atoms with Crippen molar-refractivity contribution < 1.29 is 8.83 Å². The van der Waals surface area contributed by atoms with E-state index in [1.807, 2.05) is 30.3 Å². The van der Waals surface area contributed by atoms with E-state index < -0.39 is 0 Å². The summed E-state index contributed by atoms with van der Waals surface area (Å²) in [4.78, 5) is 20.1. The van der Waals surface area contributed by atoms with Crippen molar-refractivity contribution in [1.82, 2.24) is 19.9 Å². The van der Waals surface area contributed by atoms with Crippen LogP contribution in [0.3, 0.4) is 0 Å². The van der Waals surface area contributed by atoms with E-state index in [9.17, 15) is 0 Å². The molecular weight excluding hydrogens is 737 g/mol. The Morgan fingerprint density at radius 2 is 0.800 bits per heavy atom. The predicted octanol–water partition coefficient (Wildman–Crippen LogP) is 14.3. The Morgan fingerprint density at radius 1 is 0.333 bits per heavy atom. The lowest BCUT2D eigenvalue weighted by Gasteiger charge is -2.12. The van der Waals surface area contributed by atoms with Gasteiger partial charge in [0.2, 0.25) is 0 Å². The summed E-state index contributed by atoms with van der Waals surface area (Å²) in [7, 11) is 0. The molecular formula is C54H30N4O2. The largest absolute Gasteiger partial charge is 0.455 e. The van der Waals surface area contributed by atoms with Gasteiger partial charge in [-0.2, -0.15) is 0 Å². The van der Waals surface area contributed by atoms with E-state index in [-0.39, 0.29) is 0 Å². The molecule has 6 nitrogen and oxygen atoms in total. The van der Waals surface area contributed by atoms with Crippen molar-refractivity contribution in [3.8, 4) is 45.3 Å². The van der Waals surface area contributed by atoms with Crippen molar-refractivity contribution >= 4 is 87.0 Å². The maximum Gasteiger partial charge on any atom is 0.179 e. The van der Waals surface area contributed by atoms with E-state index in [0.717, 1.165) is 109 Å². The second-order valence-electron chi connectivity index (χ2n) is 15.3. The number of hydrogen-bond acceptors (Lipinski definition) is 6. The Hall–Kier alpha value is -8.22. The first kappa shape index (κ1) is 32.8. The third kappa shape index (κ3) is 4.88. The molecule has 278 valence electrons. The predicted molar refractivity (Wildman–Crippen MR) is 244 cm³/mol. The number of nitrogens with zero attached hydrogens (tertiary/aromatic N) is 4. The molecule has 0 N–H and O–H groups in total. The van der Waals surface area contributed by atoms with Gasteiger partial charge in [-0.1, -0.05) is 115 Å². The van der Waals surface area contributed by atoms with Gasteiger partial charge in [-0.3, -0.25) is 4.98 Å². The van der Waals surface area contributed by atoms with Crippen LogP contribution in [0.5, 0.6) is 0 Å². The molecule has 60 heavy (non-hydrogen) atoms. The molecule has 0 unspecified atom stereocenters. The van der Waals surface area contributed by atoms with Crippen LogP contribution in [0.4, 0.5) is 0 Å². The molecule has 0 saturated heterocycles. The summed E-state index contributed by atoms with van der Waals surface area (Å²) >= 11 is 0. The minimum Gasteiger partial charge on any atom is -0.455 e. The first-order valence-electron chi connectivity index (χ1n) is 20.0. The van der Waals surface area contributed by atoms with Crippen LogP contribution in [-0.4, -0.2) is 19.9 Å². The second-order valence-corrected chi connectivity index (χ2v) is 15.3. The summed E-state index contributed by atoms with van der Waals surface area (Å²) < 4.78 is 13.9. The number of benzene rings is 8. The third-order valence-electron chi connectivity index (χ3n) is 11.9. The standard InChI is InChI=1S/C54H30N4O2/c1-5-14-36-31(10-1)20-22-46-48(36)50-38-16-7-3-12-34(38)28-40(52(50)59-46)44-30-45(58-54(57-44)43-19-9-18-42(56-43)33-24-26-55-27-25-33)41-29-35-13-4-8-17-39(35)51-49-37-15-6-2-11-32(37)21-23-47(49)60-53(41)51/h1-30H. The summed E-state index contributed by atoms with van der Waals surface area (Å²) in [5.74, 6) is 0.490. The highest BCUT2D eigenvalue weighted by Gasteiger charge is 2.24. The van der Waals surface area contributed by atoms with Crippen LogP contribution in [0.15, 0.2) is 191 Å². The monoisotopic (exact) mass is 766 g/mol. The summed E-state index contributed by atoms with van der Waals surface area (Å²) in [5.41, 5.74) is 8.77. The Balaban J connectivity index is 1.15. The van der Waals surface area contributed by atoms with E-state index in [0.29, 0.717) is 22.9 Å². The zero-order valence-electron chi connectivity index (χ0n) is 31.9. The highest BCUT2D eigenvalue weighted by Crippen LogP contribution is 2.46. The Bertz CT molecular complexity index is 3690. The van der Waals surface area contributed by atoms with E-state index in [2.05, 4.69) is 145 Å². The molecule has 13 aromatic rings. The van der Waals surface area contributed by atoms with E-state index in [1.54, 1.807) is 12.4 Å². The number of hydrogen-bond donors (Lipinski definition) is 0. The fourth-order valence-electron chi connectivity index (χ4n) is 9.24. The Labute approximate surface area is 342 Å². The molecule has 6 heteroatoms. The van der Waals surface area contributed by atoms with Gasteiger partial charge < -0.3 is 8.83 Å². The van der Waals surface area contributed by atoms with Crippen molar-refractivity contribution in [2.24, 2.45) is 0 Å². The van der Waals surface area contributed by atoms with Crippen LogP contribution >= 0.6 is 0 Å². The molecule has 0 aliphatic carbocycles. The van der Waals surface area contributed by atoms with Crippen LogP contribution in [0, 0.1) is 0 Å². The van der Waals surface area contributed by atoms with E-state index in [1.165, 1.54) is 0 Å². The van der Waals surface area contributed by atoms with Crippen LogP contribution in [0.25, 0.3) is 132 Å². The fraction of sp³-hybridized carbons (Fsp3) is 0. The van der Waals surface area contributed by atoms with Gasteiger partial charge in [0, 0.05) is 50.6 Å². The average molecular weight is 767 g/mol. The van der Waals surface area contributed by atoms with Crippen LogP contribution in [-0.2, 0) is 0 Å². The Morgan fingerprint density at radius 3 is 1.33 bits per heavy atom. The van der Waals surface area contributed by atoms with Gasteiger partial charge in [-0.25, -0.2) is 15.0 Å². The number of fused-ring (bicyclic) bond motifs is 14. The molecule has 0 amide bonds. The Kier molecular flexibility index (Phi) is 6.91. The van der Waals surface area contributed by atoms with Crippen molar-refractivity contribution in [1.29, 1.82) is 0 Å². The van der Waals surface area contributed by atoms with E-state index in [4.69, 9.17) is 23.8 Å². The lowest BCUT2D eigenvalue weighted by Crippen LogP contribution is -1.99. The van der Waals surface area contributed by atoms with Crippen molar-refractivity contribution in [2.45, 2.75) is 0 Å².